The van der Waals surface area contributed by atoms with E-state index >= 15 is 0 Å². The van der Waals surface area contributed by atoms with Gasteiger partial charge in [-0.1, -0.05) is 17.7 Å². The molecular weight excluding hydrogens is 330 g/mol. The van der Waals surface area contributed by atoms with E-state index in [9.17, 15) is 14.4 Å². The maximum atomic E-state index is 12.3. The first-order valence-electron chi connectivity index (χ1n) is 8.38. The second-order valence-corrected chi connectivity index (χ2v) is 6.07. The molecule has 6 heteroatoms. The summed E-state index contributed by atoms with van der Waals surface area (Å²) in [6.45, 7) is 3.83. The highest BCUT2D eigenvalue weighted by Crippen LogP contribution is 2.16. The van der Waals surface area contributed by atoms with Gasteiger partial charge in [0.05, 0.1) is 0 Å². The second-order valence-electron chi connectivity index (χ2n) is 6.07. The van der Waals surface area contributed by atoms with Gasteiger partial charge in [0.1, 0.15) is 0 Å². The predicted octanol–water partition coefficient (Wildman–Crippen LogP) is 3.66. The number of Topliss-reactive ketones (excluding diaryl/α,β-unsaturated/α-hetero) is 1. The first-order valence-corrected chi connectivity index (χ1v) is 8.38. The number of carbonyl (C=O) groups excluding carboxylic acids is 3. The van der Waals surface area contributed by atoms with Crippen molar-refractivity contribution in [1.82, 2.24) is 5.32 Å². The van der Waals surface area contributed by atoms with E-state index in [0.29, 0.717) is 16.9 Å². The molecule has 3 amide bonds. The number of aryl methyl sites for hydroxylation is 2. The number of hydrogen-bond donors (Lipinski definition) is 3. The number of hydrogen-bond acceptors (Lipinski definition) is 3. The number of amides is 3. The third-order valence-corrected chi connectivity index (χ3v) is 3.93. The number of urea groups is 1. The van der Waals surface area contributed by atoms with E-state index in [1.54, 1.807) is 24.3 Å². The Bertz CT molecular complexity index is 814. The van der Waals surface area contributed by atoms with Gasteiger partial charge in [-0.05, 0) is 49.7 Å². The maximum Gasteiger partial charge on any atom is 0.318 e. The van der Waals surface area contributed by atoms with Crippen molar-refractivity contribution in [2.45, 2.75) is 26.7 Å². The van der Waals surface area contributed by atoms with Crippen molar-refractivity contribution >= 4 is 29.1 Å². The average Bonchev–Trinajstić information content (AvgIpc) is 2.63. The van der Waals surface area contributed by atoms with Gasteiger partial charge >= 0.3 is 6.03 Å². The highest BCUT2D eigenvalue weighted by atomic mass is 16.2. The van der Waals surface area contributed by atoms with Crippen molar-refractivity contribution in [2.75, 3.05) is 17.7 Å². The molecule has 0 atom stereocenters. The molecule has 0 bridgehead atoms. The lowest BCUT2D eigenvalue weighted by molar-refractivity contribution is -0.116. The molecule has 0 aliphatic rings. The lowest BCUT2D eigenvalue weighted by Gasteiger charge is -2.08. The standard InChI is InChI=1S/C20H23N3O3/c1-13-4-5-14(2)17(12-13)18(24)10-11-19(25)22-15-6-8-16(9-7-15)23-20(26)21-3/h4-9,12H,10-11H2,1-3H3,(H,22,25)(H2,21,23,26). The number of ketones is 1. The molecular formula is C20H23N3O3. The zero-order valence-corrected chi connectivity index (χ0v) is 15.2. The maximum absolute atomic E-state index is 12.3. The molecule has 0 aliphatic carbocycles. The van der Waals surface area contributed by atoms with Crippen molar-refractivity contribution in [3.8, 4) is 0 Å². The number of anilines is 2. The van der Waals surface area contributed by atoms with Crippen LogP contribution in [0.4, 0.5) is 16.2 Å². The summed E-state index contributed by atoms with van der Waals surface area (Å²) in [5, 5.41) is 7.84. The lowest BCUT2D eigenvalue weighted by Crippen LogP contribution is -2.24. The van der Waals surface area contributed by atoms with Gasteiger partial charge in [-0.3, -0.25) is 9.59 Å². The van der Waals surface area contributed by atoms with E-state index in [-0.39, 0.29) is 30.6 Å². The molecule has 0 saturated carbocycles. The monoisotopic (exact) mass is 353 g/mol. The van der Waals surface area contributed by atoms with E-state index in [4.69, 9.17) is 0 Å². The molecule has 2 aromatic carbocycles. The van der Waals surface area contributed by atoms with Crippen LogP contribution in [0, 0.1) is 13.8 Å². The molecule has 0 radical (unpaired) electrons. The Morgan fingerprint density at radius 3 is 2.08 bits per heavy atom. The zero-order valence-electron chi connectivity index (χ0n) is 15.2. The van der Waals surface area contributed by atoms with Crippen molar-refractivity contribution in [3.63, 3.8) is 0 Å². The summed E-state index contributed by atoms with van der Waals surface area (Å²) in [5.41, 5.74) is 3.83. The Kier molecular flexibility index (Phi) is 6.49. The molecule has 136 valence electrons. The fourth-order valence-corrected chi connectivity index (χ4v) is 2.45. The third kappa shape index (κ3) is 5.44. The van der Waals surface area contributed by atoms with Gasteiger partial charge in [0.15, 0.2) is 5.78 Å². The molecule has 0 aliphatic heterocycles. The summed E-state index contributed by atoms with van der Waals surface area (Å²) in [7, 11) is 1.53. The van der Waals surface area contributed by atoms with Crippen LogP contribution in [-0.4, -0.2) is 24.8 Å². The van der Waals surface area contributed by atoms with Crippen molar-refractivity contribution < 1.29 is 14.4 Å². The van der Waals surface area contributed by atoms with Crippen molar-refractivity contribution in [3.05, 3.63) is 59.2 Å². The topological polar surface area (TPSA) is 87.3 Å². The molecule has 6 nitrogen and oxygen atoms in total. The van der Waals surface area contributed by atoms with Crippen LogP contribution in [0.2, 0.25) is 0 Å². The molecule has 26 heavy (non-hydrogen) atoms. The number of benzene rings is 2. The second kappa shape index (κ2) is 8.80. The number of nitrogens with one attached hydrogen (secondary N) is 3. The summed E-state index contributed by atoms with van der Waals surface area (Å²) < 4.78 is 0. The minimum atomic E-state index is -0.313. The molecule has 3 N–H and O–H groups in total. The van der Waals surface area contributed by atoms with E-state index in [1.165, 1.54) is 7.05 Å². The minimum absolute atomic E-state index is 0.0357. The van der Waals surface area contributed by atoms with Crippen molar-refractivity contribution in [1.29, 1.82) is 0 Å². The summed E-state index contributed by atoms with van der Waals surface area (Å²) in [6.07, 6.45) is 0.275. The van der Waals surface area contributed by atoms with Crippen LogP contribution in [0.3, 0.4) is 0 Å². The first kappa shape index (κ1) is 19.2. The zero-order chi connectivity index (χ0) is 19.1. The minimum Gasteiger partial charge on any atom is -0.341 e. The van der Waals surface area contributed by atoms with Crippen LogP contribution in [0.15, 0.2) is 42.5 Å². The largest absolute Gasteiger partial charge is 0.341 e. The Hall–Kier alpha value is -3.15. The molecule has 2 aromatic rings. The lowest BCUT2D eigenvalue weighted by atomic mass is 9.99. The van der Waals surface area contributed by atoms with Gasteiger partial charge < -0.3 is 16.0 Å². The van der Waals surface area contributed by atoms with E-state index in [2.05, 4.69) is 16.0 Å². The fourth-order valence-electron chi connectivity index (χ4n) is 2.45. The van der Waals surface area contributed by atoms with Gasteiger partial charge in [0, 0.05) is 36.8 Å². The van der Waals surface area contributed by atoms with Gasteiger partial charge in [-0.25, -0.2) is 4.79 Å². The molecule has 0 heterocycles. The van der Waals surface area contributed by atoms with Crippen LogP contribution in [0.1, 0.15) is 34.3 Å². The summed E-state index contributed by atoms with van der Waals surface area (Å²) in [5.74, 6) is -0.262. The van der Waals surface area contributed by atoms with E-state index < -0.39 is 0 Å². The molecule has 0 saturated heterocycles. The predicted molar refractivity (Wildman–Crippen MR) is 103 cm³/mol. The molecule has 2 rings (SSSR count). The summed E-state index contributed by atoms with van der Waals surface area (Å²) in [4.78, 5) is 35.6. The van der Waals surface area contributed by atoms with Gasteiger partial charge in [0.2, 0.25) is 5.91 Å². The first-order chi connectivity index (χ1) is 12.4. The Balaban J connectivity index is 1.87. The Morgan fingerprint density at radius 2 is 1.46 bits per heavy atom. The van der Waals surface area contributed by atoms with Gasteiger partial charge in [-0.15, -0.1) is 0 Å². The highest BCUT2D eigenvalue weighted by molar-refractivity contribution is 6.01. The van der Waals surface area contributed by atoms with Crippen LogP contribution < -0.4 is 16.0 Å². The fraction of sp³-hybridized carbons (Fsp3) is 0.250. The molecule has 0 spiro atoms. The Labute approximate surface area is 153 Å². The summed E-state index contributed by atoms with van der Waals surface area (Å²) >= 11 is 0. The quantitative estimate of drug-likeness (QED) is 0.693. The smallest absolute Gasteiger partial charge is 0.318 e. The van der Waals surface area contributed by atoms with Crippen LogP contribution >= 0.6 is 0 Å². The molecule has 0 fully saturated rings. The van der Waals surface area contributed by atoms with Gasteiger partial charge in [-0.2, -0.15) is 0 Å². The number of carbonyl (C=O) groups is 3. The van der Waals surface area contributed by atoms with Crippen LogP contribution in [0.25, 0.3) is 0 Å². The van der Waals surface area contributed by atoms with Crippen LogP contribution in [0.5, 0.6) is 0 Å². The molecule has 0 aromatic heterocycles. The summed E-state index contributed by atoms with van der Waals surface area (Å²) in [6, 6.07) is 12.2. The van der Waals surface area contributed by atoms with Crippen LogP contribution in [-0.2, 0) is 4.79 Å². The Morgan fingerprint density at radius 1 is 0.846 bits per heavy atom. The van der Waals surface area contributed by atoms with E-state index in [1.807, 2.05) is 32.0 Å². The third-order valence-electron chi connectivity index (χ3n) is 3.93. The SMILES string of the molecule is CNC(=O)Nc1ccc(NC(=O)CCC(=O)c2cc(C)ccc2C)cc1. The van der Waals surface area contributed by atoms with Crippen molar-refractivity contribution in [2.24, 2.45) is 0 Å². The molecule has 0 unspecified atom stereocenters. The normalized spacial score (nSPS) is 10.1. The average molecular weight is 353 g/mol. The van der Waals surface area contributed by atoms with E-state index in [0.717, 1.165) is 11.1 Å². The highest BCUT2D eigenvalue weighted by Gasteiger charge is 2.12. The van der Waals surface area contributed by atoms with Gasteiger partial charge in [0.25, 0.3) is 0 Å². The number of rotatable bonds is 6.